The maximum Gasteiger partial charge on any atom is 0.0672 e. The summed E-state index contributed by atoms with van der Waals surface area (Å²) in [5.74, 6) is 1.70. The average molecular weight is 267 g/mol. The Balaban J connectivity index is 1.94. The van der Waals surface area contributed by atoms with Crippen molar-refractivity contribution >= 4 is 0 Å². The molecule has 1 heterocycles. The minimum absolute atomic E-state index is 0.431. The summed E-state index contributed by atoms with van der Waals surface area (Å²) in [6.07, 6.45) is 8.70. The van der Waals surface area contributed by atoms with Crippen molar-refractivity contribution in [2.75, 3.05) is 13.2 Å². The molecule has 0 amide bonds. The van der Waals surface area contributed by atoms with Crippen LogP contribution < -0.4 is 5.32 Å². The van der Waals surface area contributed by atoms with E-state index < -0.39 is 0 Å². The molecule has 2 nitrogen and oxygen atoms in total. The minimum Gasteiger partial charge on any atom is -0.377 e. The first-order valence-electron chi connectivity index (χ1n) is 8.38. The molecule has 0 spiro atoms. The predicted molar refractivity (Wildman–Crippen MR) is 81.3 cm³/mol. The Morgan fingerprint density at radius 1 is 1.21 bits per heavy atom. The lowest BCUT2D eigenvalue weighted by molar-refractivity contribution is 0.0241. The predicted octanol–water partition coefficient (Wildman–Crippen LogP) is 4.00. The maximum atomic E-state index is 6.14. The van der Waals surface area contributed by atoms with Crippen LogP contribution in [0.2, 0.25) is 0 Å². The van der Waals surface area contributed by atoms with Gasteiger partial charge in [-0.15, -0.1) is 0 Å². The van der Waals surface area contributed by atoms with Crippen LogP contribution in [0.5, 0.6) is 0 Å². The van der Waals surface area contributed by atoms with E-state index in [4.69, 9.17) is 4.74 Å². The standard InChI is InChI=1S/C17H33NO/c1-13(2)6-5-9-17(12-18-14(3)4)10-11-19-16(17)15-7-8-15/h13-16,18H,5-12H2,1-4H3. The van der Waals surface area contributed by atoms with Crippen LogP contribution in [0.15, 0.2) is 0 Å². The van der Waals surface area contributed by atoms with Crippen LogP contribution in [0.25, 0.3) is 0 Å². The first-order chi connectivity index (χ1) is 9.03. The SMILES string of the molecule is CC(C)CCCC1(CNC(C)C)CCOC1C1CC1. The number of nitrogens with one attached hydrogen (secondary N) is 1. The van der Waals surface area contributed by atoms with Gasteiger partial charge in [0.25, 0.3) is 0 Å². The summed E-state index contributed by atoms with van der Waals surface area (Å²) < 4.78 is 6.14. The van der Waals surface area contributed by atoms with Gasteiger partial charge in [-0.1, -0.05) is 40.5 Å². The second-order valence-corrected chi connectivity index (χ2v) is 7.56. The van der Waals surface area contributed by atoms with Crippen LogP contribution in [0, 0.1) is 17.3 Å². The fraction of sp³-hybridized carbons (Fsp3) is 1.00. The smallest absolute Gasteiger partial charge is 0.0672 e. The van der Waals surface area contributed by atoms with Gasteiger partial charge in [0.2, 0.25) is 0 Å². The summed E-state index contributed by atoms with van der Waals surface area (Å²) in [5.41, 5.74) is 0.431. The molecule has 2 fully saturated rings. The van der Waals surface area contributed by atoms with Crippen molar-refractivity contribution in [3.63, 3.8) is 0 Å². The van der Waals surface area contributed by atoms with Gasteiger partial charge in [0, 0.05) is 24.6 Å². The highest BCUT2D eigenvalue weighted by atomic mass is 16.5. The molecule has 1 saturated carbocycles. The zero-order valence-corrected chi connectivity index (χ0v) is 13.4. The lowest BCUT2D eigenvalue weighted by atomic mass is 9.74. The zero-order valence-electron chi connectivity index (χ0n) is 13.4. The molecule has 2 heteroatoms. The maximum absolute atomic E-state index is 6.14. The van der Waals surface area contributed by atoms with E-state index >= 15 is 0 Å². The highest BCUT2D eigenvalue weighted by molar-refractivity contribution is 5.00. The molecule has 2 atom stereocenters. The zero-order chi connectivity index (χ0) is 13.9. The Labute approximate surface area is 119 Å². The van der Waals surface area contributed by atoms with Gasteiger partial charge in [0.05, 0.1) is 6.10 Å². The molecular weight excluding hydrogens is 234 g/mol. The first-order valence-corrected chi connectivity index (χ1v) is 8.38. The van der Waals surface area contributed by atoms with Crippen LogP contribution in [0.1, 0.15) is 66.2 Å². The summed E-state index contributed by atoms with van der Waals surface area (Å²) in [7, 11) is 0. The fourth-order valence-corrected chi connectivity index (χ4v) is 3.56. The third kappa shape index (κ3) is 4.19. The number of rotatable bonds is 8. The van der Waals surface area contributed by atoms with E-state index in [1.54, 1.807) is 0 Å². The number of hydrogen-bond donors (Lipinski definition) is 1. The highest BCUT2D eigenvalue weighted by Gasteiger charge is 2.50. The molecule has 0 aromatic carbocycles. The van der Waals surface area contributed by atoms with Crippen molar-refractivity contribution in [3.8, 4) is 0 Å². The monoisotopic (exact) mass is 267 g/mol. The Kier molecular flexibility index (Phi) is 5.30. The molecule has 1 saturated heterocycles. The largest absolute Gasteiger partial charge is 0.377 e. The van der Waals surface area contributed by atoms with Crippen LogP contribution in [0.3, 0.4) is 0 Å². The van der Waals surface area contributed by atoms with E-state index in [2.05, 4.69) is 33.0 Å². The Hall–Kier alpha value is -0.0800. The summed E-state index contributed by atoms with van der Waals surface area (Å²) in [6, 6.07) is 0.586. The Morgan fingerprint density at radius 3 is 2.53 bits per heavy atom. The molecule has 2 unspecified atom stereocenters. The quantitative estimate of drug-likeness (QED) is 0.718. The molecule has 1 N–H and O–H groups in total. The molecule has 2 rings (SSSR count). The summed E-state index contributed by atoms with van der Waals surface area (Å²) in [4.78, 5) is 0. The van der Waals surface area contributed by atoms with Gasteiger partial charge >= 0.3 is 0 Å². The average Bonchev–Trinajstić information content (AvgIpc) is 3.09. The van der Waals surface area contributed by atoms with Crippen molar-refractivity contribution in [2.45, 2.75) is 78.4 Å². The van der Waals surface area contributed by atoms with Crippen molar-refractivity contribution < 1.29 is 4.74 Å². The number of hydrogen-bond acceptors (Lipinski definition) is 2. The first kappa shape index (κ1) is 15.3. The van der Waals surface area contributed by atoms with Gasteiger partial charge in [0.15, 0.2) is 0 Å². The van der Waals surface area contributed by atoms with E-state index in [1.807, 2.05) is 0 Å². The normalized spacial score (nSPS) is 31.6. The summed E-state index contributed by atoms with van der Waals surface area (Å²) >= 11 is 0. The summed E-state index contributed by atoms with van der Waals surface area (Å²) in [6.45, 7) is 11.3. The van der Waals surface area contributed by atoms with Crippen LogP contribution >= 0.6 is 0 Å². The second kappa shape index (κ2) is 6.58. The van der Waals surface area contributed by atoms with Gasteiger partial charge in [-0.2, -0.15) is 0 Å². The lowest BCUT2D eigenvalue weighted by Crippen LogP contribution is -2.44. The molecule has 0 bridgehead atoms. The van der Waals surface area contributed by atoms with Gasteiger partial charge < -0.3 is 10.1 Å². The molecule has 1 aliphatic carbocycles. The topological polar surface area (TPSA) is 21.3 Å². The molecule has 19 heavy (non-hydrogen) atoms. The molecule has 0 aromatic heterocycles. The molecule has 0 aromatic rings. The second-order valence-electron chi connectivity index (χ2n) is 7.56. The minimum atomic E-state index is 0.431. The van der Waals surface area contributed by atoms with E-state index in [9.17, 15) is 0 Å². The molecule has 2 aliphatic rings. The number of ether oxygens (including phenoxy) is 1. The van der Waals surface area contributed by atoms with E-state index in [-0.39, 0.29) is 0 Å². The van der Waals surface area contributed by atoms with Gasteiger partial charge in [-0.3, -0.25) is 0 Å². The van der Waals surface area contributed by atoms with E-state index in [0.717, 1.165) is 25.0 Å². The van der Waals surface area contributed by atoms with Crippen LogP contribution in [0.4, 0.5) is 0 Å². The van der Waals surface area contributed by atoms with Crippen molar-refractivity contribution in [1.82, 2.24) is 5.32 Å². The van der Waals surface area contributed by atoms with Gasteiger partial charge in [-0.25, -0.2) is 0 Å². The van der Waals surface area contributed by atoms with Crippen LogP contribution in [-0.4, -0.2) is 25.3 Å². The fourth-order valence-electron chi connectivity index (χ4n) is 3.56. The van der Waals surface area contributed by atoms with Crippen molar-refractivity contribution in [3.05, 3.63) is 0 Å². The van der Waals surface area contributed by atoms with Crippen LogP contribution in [-0.2, 0) is 4.74 Å². The highest BCUT2D eigenvalue weighted by Crippen LogP contribution is 2.50. The van der Waals surface area contributed by atoms with Gasteiger partial charge in [-0.05, 0) is 37.5 Å². The van der Waals surface area contributed by atoms with Crippen molar-refractivity contribution in [2.24, 2.45) is 17.3 Å². The Bertz CT molecular complexity index is 272. The Morgan fingerprint density at radius 2 is 1.95 bits per heavy atom. The molecular formula is C17H33NO. The lowest BCUT2D eigenvalue weighted by Gasteiger charge is -2.36. The third-order valence-corrected chi connectivity index (χ3v) is 4.87. The summed E-state index contributed by atoms with van der Waals surface area (Å²) in [5, 5.41) is 3.70. The molecule has 1 aliphatic heterocycles. The van der Waals surface area contributed by atoms with Gasteiger partial charge in [0.1, 0.15) is 0 Å². The third-order valence-electron chi connectivity index (χ3n) is 4.87. The molecule has 0 radical (unpaired) electrons. The van der Waals surface area contributed by atoms with E-state index in [1.165, 1.54) is 38.5 Å². The molecule has 112 valence electrons. The van der Waals surface area contributed by atoms with Crippen molar-refractivity contribution in [1.29, 1.82) is 0 Å². The van der Waals surface area contributed by atoms with E-state index in [0.29, 0.717) is 17.6 Å².